The van der Waals surface area contributed by atoms with Gasteiger partial charge < -0.3 is 20.0 Å². The molecule has 1 unspecified atom stereocenters. The molecule has 0 radical (unpaired) electrons. The quantitative estimate of drug-likeness (QED) is 0.504. The summed E-state index contributed by atoms with van der Waals surface area (Å²) < 4.78 is 5.12. The number of hydrogen-bond acceptors (Lipinski definition) is 5. The molecule has 7 heteroatoms. The normalized spacial score (nSPS) is 12.2. The molecule has 0 saturated heterocycles. The highest BCUT2D eigenvalue weighted by atomic mass is 79.9. The fourth-order valence-electron chi connectivity index (χ4n) is 1.00. The number of aryl methyl sites for hydroxylation is 1. The smallest absolute Gasteiger partial charge is 0.406 e. The Kier molecular flexibility index (Phi) is 4.63. The Labute approximate surface area is 101 Å². The van der Waals surface area contributed by atoms with E-state index in [4.69, 9.17) is 4.74 Å². The van der Waals surface area contributed by atoms with Crippen LogP contribution >= 0.6 is 15.9 Å². The molecular weight excluding hydrogens is 280 g/mol. The van der Waals surface area contributed by atoms with Gasteiger partial charge in [-0.25, -0.2) is 0 Å². The van der Waals surface area contributed by atoms with Gasteiger partial charge in [-0.3, -0.25) is 0 Å². The molecule has 0 amide bonds. The molecule has 0 bridgehead atoms. The lowest BCUT2D eigenvalue weighted by Gasteiger charge is -2.09. The summed E-state index contributed by atoms with van der Waals surface area (Å²) in [5, 5.41) is 20.3. The molecule has 1 aromatic rings. The van der Waals surface area contributed by atoms with Crippen LogP contribution in [0.25, 0.3) is 0 Å². The number of aliphatic hydroxyl groups is 1. The van der Waals surface area contributed by atoms with Crippen molar-refractivity contribution in [1.82, 2.24) is 4.98 Å². The second-order valence-corrected chi connectivity index (χ2v) is 3.80. The Morgan fingerprint density at radius 1 is 1.69 bits per heavy atom. The zero-order valence-electron chi connectivity index (χ0n) is 8.59. The number of pyridine rings is 1. The molecule has 1 atom stereocenters. The summed E-state index contributed by atoms with van der Waals surface area (Å²) in [4.78, 5) is 13.8. The summed E-state index contributed by atoms with van der Waals surface area (Å²) in [5.41, 5.74) is 0.542. The van der Waals surface area contributed by atoms with Crippen molar-refractivity contribution in [3.63, 3.8) is 0 Å². The number of rotatable bonds is 5. The lowest BCUT2D eigenvalue weighted by atomic mass is 10.3. The van der Waals surface area contributed by atoms with Crippen LogP contribution in [0.3, 0.4) is 0 Å². The molecule has 6 nitrogen and oxygen atoms in total. The molecule has 0 aliphatic carbocycles. The van der Waals surface area contributed by atoms with Gasteiger partial charge in [0.1, 0.15) is 12.3 Å². The van der Waals surface area contributed by atoms with E-state index in [-0.39, 0.29) is 18.2 Å². The Bertz CT molecular complexity index is 386. The van der Waals surface area contributed by atoms with Crippen LogP contribution in [0.5, 0.6) is 5.75 Å². The highest BCUT2D eigenvalue weighted by Gasteiger charge is 2.18. The first-order valence-corrected chi connectivity index (χ1v) is 5.65. The van der Waals surface area contributed by atoms with Gasteiger partial charge in [-0.15, -0.1) is 0 Å². The maximum Gasteiger partial charge on any atom is 0.406 e. The Hall–Kier alpha value is -1.21. The molecule has 1 rings (SSSR count). The third kappa shape index (κ3) is 3.42. The van der Waals surface area contributed by atoms with E-state index < -0.39 is 11.0 Å². The summed E-state index contributed by atoms with van der Waals surface area (Å²) in [6.07, 6.45) is -0.707. The molecule has 0 fully saturated rings. The van der Waals surface area contributed by atoms with Gasteiger partial charge >= 0.3 is 5.82 Å². The minimum absolute atomic E-state index is 0.0170. The van der Waals surface area contributed by atoms with Gasteiger partial charge in [0.05, 0.1) is 6.10 Å². The first-order chi connectivity index (χ1) is 7.54. The largest absolute Gasteiger partial charge is 0.483 e. The maximum atomic E-state index is 10.7. The van der Waals surface area contributed by atoms with Crippen LogP contribution in [0.1, 0.15) is 5.69 Å². The number of hydrogen-bond donors (Lipinski definition) is 1. The average Bonchev–Trinajstić information content (AvgIpc) is 2.26. The van der Waals surface area contributed by atoms with Gasteiger partial charge in [-0.1, -0.05) is 15.9 Å². The van der Waals surface area contributed by atoms with Gasteiger partial charge in [0.15, 0.2) is 0 Å². The van der Waals surface area contributed by atoms with Gasteiger partial charge in [0, 0.05) is 12.3 Å². The minimum Gasteiger partial charge on any atom is -0.483 e. The number of alkyl halides is 1. The van der Waals surface area contributed by atoms with Crippen LogP contribution in [0.4, 0.5) is 5.82 Å². The minimum atomic E-state index is -0.707. The zero-order valence-corrected chi connectivity index (χ0v) is 10.2. The highest BCUT2D eigenvalue weighted by Crippen LogP contribution is 2.24. The molecule has 1 N–H and O–H groups in total. The van der Waals surface area contributed by atoms with Crippen molar-refractivity contribution in [3.8, 4) is 5.75 Å². The van der Waals surface area contributed by atoms with Crippen molar-refractivity contribution in [2.75, 3.05) is 11.9 Å². The monoisotopic (exact) mass is 290 g/mol. The summed E-state index contributed by atoms with van der Waals surface area (Å²) >= 11 is 3.07. The lowest BCUT2D eigenvalue weighted by Crippen LogP contribution is -2.19. The first-order valence-electron chi connectivity index (χ1n) is 4.53. The third-order valence-electron chi connectivity index (χ3n) is 1.76. The van der Waals surface area contributed by atoms with E-state index in [2.05, 4.69) is 20.9 Å². The van der Waals surface area contributed by atoms with E-state index in [0.717, 1.165) is 0 Å². The highest BCUT2D eigenvalue weighted by molar-refractivity contribution is 9.09. The van der Waals surface area contributed by atoms with Gasteiger partial charge in [0.2, 0.25) is 5.75 Å². The molecule has 0 spiro atoms. The second kappa shape index (κ2) is 5.76. The number of nitro groups is 1. The van der Waals surface area contributed by atoms with Crippen molar-refractivity contribution in [2.24, 2.45) is 0 Å². The van der Waals surface area contributed by atoms with Crippen LogP contribution in [-0.2, 0) is 0 Å². The van der Waals surface area contributed by atoms with E-state index in [1.54, 1.807) is 13.0 Å². The standard InChI is InChI=1S/C9H11BrN2O4/c1-6-2-3-8(9(11-6)12(14)15)16-5-7(13)4-10/h2-3,7,13H,4-5H2,1H3. The van der Waals surface area contributed by atoms with Crippen LogP contribution < -0.4 is 4.74 Å². The molecule has 16 heavy (non-hydrogen) atoms. The summed E-state index contributed by atoms with van der Waals surface area (Å²) in [6.45, 7) is 1.64. The first kappa shape index (κ1) is 12.9. The van der Waals surface area contributed by atoms with Gasteiger partial charge in [0.25, 0.3) is 0 Å². The van der Waals surface area contributed by atoms with E-state index in [0.29, 0.717) is 11.0 Å². The molecule has 0 saturated carbocycles. The molecule has 0 aliphatic heterocycles. The number of aromatic nitrogens is 1. The van der Waals surface area contributed by atoms with Crippen LogP contribution in [0.15, 0.2) is 12.1 Å². The fourth-order valence-corrected chi connectivity index (χ4v) is 1.19. The van der Waals surface area contributed by atoms with Crippen molar-refractivity contribution in [2.45, 2.75) is 13.0 Å². The number of nitrogens with zero attached hydrogens (tertiary/aromatic N) is 2. The van der Waals surface area contributed by atoms with E-state index >= 15 is 0 Å². The Morgan fingerprint density at radius 2 is 2.38 bits per heavy atom. The number of ether oxygens (including phenoxy) is 1. The SMILES string of the molecule is Cc1ccc(OCC(O)CBr)c([N+](=O)[O-])n1. The predicted molar refractivity (Wildman–Crippen MR) is 60.9 cm³/mol. The maximum absolute atomic E-state index is 10.7. The van der Waals surface area contributed by atoms with E-state index in [9.17, 15) is 15.2 Å². The average molecular weight is 291 g/mol. The van der Waals surface area contributed by atoms with Crippen molar-refractivity contribution >= 4 is 21.7 Å². The third-order valence-corrected chi connectivity index (χ3v) is 2.51. The Balaban J connectivity index is 2.82. The second-order valence-electron chi connectivity index (χ2n) is 3.15. The molecule has 0 aliphatic rings. The molecule has 88 valence electrons. The summed E-state index contributed by atoms with van der Waals surface area (Å²) in [7, 11) is 0. The predicted octanol–water partition coefficient (Wildman–Crippen LogP) is 1.43. The van der Waals surface area contributed by atoms with Crippen molar-refractivity contribution in [3.05, 3.63) is 27.9 Å². The Morgan fingerprint density at radius 3 is 2.94 bits per heavy atom. The van der Waals surface area contributed by atoms with Gasteiger partial charge in [-0.05, 0) is 22.0 Å². The van der Waals surface area contributed by atoms with Crippen LogP contribution in [0.2, 0.25) is 0 Å². The van der Waals surface area contributed by atoms with E-state index in [1.165, 1.54) is 6.07 Å². The molecule has 1 heterocycles. The molecule has 1 aromatic heterocycles. The van der Waals surface area contributed by atoms with Crippen LogP contribution in [0, 0.1) is 17.0 Å². The molecular formula is C9H11BrN2O4. The van der Waals surface area contributed by atoms with Crippen molar-refractivity contribution in [1.29, 1.82) is 0 Å². The zero-order chi connectivity index (χ0) is 12.1. The van der Waals surface area contributed by atoms with Crippen molar-refractivity contribution < 1.29 is 14.8 Å². The number of aliphatic hydroxyl groups excluding tert-OH is 1. The van der Waals surface area contributed by atoms with Crippen LogP contribution in [-0.4, -0.2) is 33.1 Å². The summed E-state index contributed by atoms with van der Waals surface area (Å²) in [5.74, 6) is -0.266. The van der Waals surface area contributed by atoms with Gasteiger partial charge in [-0.2, -0.15) is 0 Å². The molecule has 0 aromatic carbocycles. The fraction of sp³-hybridized carbons (Fsp3) is 0.444. The van der Waals surface area contributed by atoms with E-state index in [1.807, 2.05) is 0 Å². The lowest BCUT2D eigenvalue weighted by molar-refractivity contribution is -0.390. The topological polar surface area (TPSA) is 85.5 Å². The summed E-state index contributed by atoms with van der Waals surface area (Å²) in [6, 6.07) is 3.09. The number of halogens is 1.